The average Bonchev–Trinajstić information content (AvgIpc) is 3.84. The summed E-state index contributed by atoms with van der Waals surface area (Å²) in [5, 5.41) is 30.4. The Kier molecular flexibility index (Phi) is 15.9. The van der Waals surface area contributed by atoms with E-state index in [0.717, 1.165) is 59.7 Å². The van der Waals surface area contributed by atoms with Crippen molar-refractivity contribution in [3.63, 3.8) is 0 Å². The van der Waals surface area contributed by atoms with Crippen LogP contribution in [0.15, 0.2) is 55.7 Å². The van der Waals surface area contributed by atoms with Gasteiger partial charge in [-0.25, -0.2) is 16.8 Å². The SMILES string of the molecule is CC(C)CN1CCCc2cc(N=Nc3nncs3)c([N-]S(=O)(=O)C(F)(F)F)cc21.CC(C)CN1CCCc2cc(N=Nc3nncs3)c([N-]S(=O)(=O)C(F)(F)F)cc21.[Zn+2]. The van der Waals surface area contributed by atoms with Crippen LogP contribution < -0.4 is 9.80 Å². The average molecular weight is 960 g/mol. The van der Waals surface area contributed by atoms with Crippen molar-refractivity contribution in [2.24, 2.45) is 32.3 Å². The van der Waals surface area contributed by atoms with Crippen LogP contribution in [0.4, 0.5) is 70.7 Å². The van der Waals surface area contributed by atoms with Crippen LogP contribution in [0.25, 0.3) is 9.44 Å². The summed E-state index contributed by atoms with van der Waals surface area (Å²) in [6.45, 7) is 10.9. The molecule has 0 spiro atoms. The van der Waals surface area contributed by atoms with Gasteiger partial charge in [0, 0.05) is 37.6 Å². The van der Waals surface area contributed by atoms with E-state index in [9.17, 15) is 43.2 Å². The zero-order valence-corrected chi connectivity index (χ0v) is 38.1. The summed E-state index contributed by atoms with van der Waals surface area (Å²) >= 11 is 2.16. The first-order valence-electron chi connectivity index (χ1n) is 17.4. The number of aryl methyl sites for hydroxylation is 2. The van der Waals surface area contributed by atoms with Gasteiger partial charge in [-0.1, -0.05) is 73.9 Å². The molecule has 0 fully saturated rings. The molecule has 27 heteroatoms. The van der Waals surface area contributed by atoms with Crippen molar-refractivity contribution in [2.75, 3.05) is 36.0 Å². The van der Waals surface area contributed by atoms with Crippen LogP contribution in [-0.2, 0) is 52.4 Å². The number of hydrogen-bond donors (Lipinski definition) is 0. The minimum atomic E-state index is -5.73. The number of sulfonamides is 2. The van der Waals surface area contributed by atoms with Gasteiger partial charge in [0.15, 0.2) is 20.0 Å². The van der Waals surface area contributed by atoms with Gasteiger partial charge in [-0.2, -0.15) is 26.3 Å². The molecule has 59 heavy (non-hydrogen) atoms. The first kappa shape index (κ1) is 47.7. The standard InChI is InChI=1S/2C16H18F3N6O2S2.Zn/c2*1-10(2)8-25-5-3-4-11-6-12(21-23-15-22-20-9-28-15)13(7-14(11)25)24-29(26,27)16(17,18)19;/h2*6-7,9-10H,3-5,8H2,1-2H3;/q2*-1;+2. The Labute approximate surface area is 356 Å². The largest absolute Gasteiger partial charge is 2.00 e. The molecule has 2 aliphatic rings. The Morgan fingerprint density at radius 2 is 1.03 bits per heavy atom. The maximum atomic E-state index is 12.9. The first-order valence-corrected chi connectivity index (χ1v) is 22.1. The van der Waals surface area contributed by atoms with E-state index in [-0.39, 0.29) is 41.1 Å². The van der Waals surface area contributed by atoms with E-state index >= 15 is 0 Å². The number of fused-ring (bicyclic) bond motifs is 2. The van der Waals surface area contributed by atoms with Gasteiger partial charge in [-0.3, -0.25) is 0 Å². The second kappa shape index (κ2) is 19.6. The van der Waals surface area contributed by atoms with Crippen LogP contribution in [0.3, 0.4) is 0 Å². The molecule has 2 aromatic heterocycles. The fourth-order valence-electron chi connectivity index (χ4n) is 5.91. The molecular formula is C32H36F6N12O4S4Zn. The van der Waals surface area contributed by atoms with E-state index in [0.29, 0.717) is 49.1 Å². The monoisotopic (exact) mass is 958 g/mol. The van der Waals surface area contributed by atoms with Crippen LogP contribution in [-0.4, -0.2) is 74.4 Å². The smallest absolute Gasteiger partial charge is 0.568 e. The number of nitrogens with zero attached hydrogens (tertiary/aromatic N) is 12. The molecule has 0 radical (unpaired) electrons. The van der Waals surface area contributed by atoms with Crippen LogP contribution in [0.2, 0.25) is 0 Å². The summed E-state index contributed by atoms with van der Waals surface area (Å²) < 4.78 is 130. The molecule has 16 nitrogen and oxygen atoms in total. The molecule has 0 saturated carbocycles. The summed E-state index contributed by atoms with van der Waals surface area (Å²) in [6.07, 6.45) is 3.11. The van der Waals surface area contributed by atoms with E-state index in [1.165, 1.54) is 35.3 Å². The number of rotatable bonds is 12. The molecule has 0 bridgehead atoms. The third-order valence-corrected chi connectivity index (χ3v) is 11.3. The zero-order valence-electron chi connectivity index (χ0n) is 31.9. The van der Waals surface area contributed by atoms with Gasteiger partial charge < -0.3 is 19.2 Å². The minimum absolute atomic E-state index is 0. The molecule has 0 aliphatic carbocycles. The number of halogens is 6. The molecule has 0 amide bonds. The van der Waals surface area contributed by atoms with Gasteiger partial charge in [0.25, 0.3) is 10.3 Å². The molecule has 0 atom stereocenters. The Bertz CT molecular complexity index is 2150. The van der Waals surface area contributed by atoms with E-state index < -0.39 is 42.4 Å². The van der Waals surface area contributed by atoms with Gasteiger partial charge in [0.2, 0.25) is 0 Å². The number of alkyl halides is 6. The molecule has 2 aliphatic heterocycles. The van der Waals surface area contributed by atoms with Crippen molar-refractivity contribution in [3.05, 3.63) is 55.9 Å². The van der Waals surface area contributed by atoms with Crippen molar-refractivity contribution >= 4 is 87.1 Å². The fourth-order valence-corrected chi connectivity index (χ4v) is 7.67. The molecule has 2 aromatic carbocycles. The van der Waals surface area contributed by atoms with Gasteiger partial charge in [0.05, 0.1) is 11.4 Å². The Morgan fingerprint density at radius 3 is 1.34 bits per heavy atom. The molecule has 4 heterocycles. The topological polar surface area (TPSA) is 204 Å². The Morgan fingerprint density at radius 1 is 0.661 bits per heavy atom. The maximum Gasteiger partial charge on any atom is 2.00 e. The van der Waals surface area contributed by atoms with Crippen molar-refractivity contribution < 1.29 is 62.7 Å². The second-order valence-corrected chi connectivity index (χ2v) is 18.5. The molecular weight excluding hydrogens is 924 g/mol. The normalized spacial score (nSPS) is 14.9. The van der Waals surface area contributed by atoms with E-state index in [1.54, 1.807) is 0 Å². The molecule has 316 valence electrons. The summed E-state index contributed by atoms with van der Waals surface area (Å²) in [5.74, 6) is 0.633. The fraction of sp³-hybridized carbons (Fsp3) is 0.500. The van der Waals surface area contributed by atoms with Crippen molar-refractivity contribution in [3.8, 4) is 0 Å². The number of anilines is 2. The molecule has 4 aromatic rings. The third kappa shape index (κ3) is 12.5. The van der Waals surface area contributed by atoms with Crippen molar-refractivity contribution in [2.45, 2.75) is 64.4 Å². The van der Waals surface area contributed by atoms with Crippen LogP contribution in [0, 0.1) is 11.8 Å². The summed E-state index contributed by atoms with van der Waals surface area (Å²) in [7, 11) is -11.5. The zero-order chi connectivity index (χ0) is 42.5. The van der Waals surface area contributed by atoms with Crippen LogP contribution >= 0.6 is 22.7 Å². The molecule has 6 rings (SSSR count). The molecule has 0 unspecified atom stereocenters. The van der Waals surface area contributed by atoms with Crippen LogP contribution in [0.5, 0.6) is 0 Å². The van der Waals surface area contributed by atoms with Gasteiger partial charge in [-0.05, 0) is 60.8 Å². The third-order valence-electron chi connectivity index (χ3n) is 8.16. The second-order valence-electron chi connectivity index (χ2n) is 13.7. The van der Waals surface area contributed by atoms with Crippen molar-refractivity contribution in [1.82, 2.24) is 20.4 Å². The Balaban J connectivity index is 0.000000256. The van der Waals surface area contributed by atoms with Gasteiger partial charge in [0.1, 0.15) is 11.0 Å². The predicted octanol–water partition coefficient (Wildman–Crippen LogP) is 10.4. The first-order chi connectivity index (χ1) is 27.1. The number of hydrogen-bond acceptors (Lipinski definition) is 16. The quantitative estimate of drug-likeness (QED) is 0.0746. The van der Waals surface area contributed by atoms with E-state index in [2.05, 4.69) is 50.3 Å². The maximum absolute atomic E-state index is 12.9. The summed E-state index contributed by atoms with van der Waals surface area (Å²) in [6, 6.07) is 5.76. The van der Waals surface area contributed by atoms with Gasteiger partial charge in [-0.15, -0.1) is 40.9 Å². The van der Waals surface area contributed by atoms with Crippen LogP contribution in [0.1, 0.15) is 51.7 Å². The molecule has 0 N–H and O–H groups in total. The predicted molar refractivity (Wildman–Crippen MR) is 208 cm³/mol. The number of aromatic nitrogens is 4. The number of benzene rings is 2. The Hall–Kier alpha value is -3.94. The van der Waals surface area contributed by atoms with Gasteiger partial charge >= 0.3 is 30.5 Å². The molecule has 0 saturated heterocycles. The van der Waals surface area contributed by atoms with E-state index in [4.69, 9.17) is 0 Å². The summed E-state index contributed by atoms with van der Waals surface area (Å²) in [5.41, 5.74) is -6.10. The minimum Gasteiger partial charge on any atom is -0.568 e. The van der Waals surface area contributed by atoms with E-state index in [1.807, 2.05) is 37.5 Å². The summed E-state index contributed by atoms with van der Waals surface area (Å²) in [4.78, 5) is 4.04. The van der Waals surface area contributed by atoms with Crippen molar-refractivity contribution in [1.29, 1.82) is 0 Å². The number of azo groups is 2.